The Labute approximate surface area is 135 Å². The molecule has 0 saturated carbocycles. The third kappa shape index (κ3) is 77.8. The van der Waals surface area contributed by atoms with Crippen LogP contribution in [0, 0.1) is 0 Å². The van der Waals surface area contributed by atoms with Crippen LogP contribution in [0.25, 0.3) is 0 Å². The Morgan fingerprint density at radius 1 is 0.222 bits per heavy atom. The molecule has 0 spiro atoms. The second kappa shape index (κ2) is 94.4. The molecule has 0 saturated heterocycles. The van der Waals surface area contributed by atoms with E-state index in [-0.39, 0.29) is 137 Å². The van der Waals surface area contributed by atoms with Gasteiger partial charge in [-0.1, -0.05) is 0 Å². The minimum absolute atomic E-state index is 0. The molecular formula is H9Cl5Li4. The molecule has 0 heterocycles. The molecule has 0 fully saturated rings. The van der Waals surface area contributed by atoms with Gasteiger partial charge in [0, 0.05) is 0 Å². The van der Waals surface area contributed by atoms with Gasteiger partial charge in [0.25, 0.3) is 0 Å². The molecule has 0 aliphatic carbocycles. The van der Waals surface area contributed by atoms with Gasteiger partial charge in [0.05, 0.1) is 0 Å². The van der Waals surface area contributed by atoms with Crippen LogP contribution in [0.1, 0.15) is 0 Å². The third-order valence-corrected chi connectivity index (χ3v) is 0. The summed E-state index contributed by atoms with van der Waals surface area (Å²) >= 11 is 0. The summed E-state index contributed by atoms with van der Waals surface area (Å²) in [5, 5.41) is 0. The summed E-state index contributed by atoms with van der Waals surface area (Å²) in [6, 6.07) is 0. The summed E-state index contributed by atoms with van der Waals surface area (Å²) in [6.07, 6.45) is 0. The summed E-state index contributed by atoms with van der Waals surface area (Å²) in [5.41, 5.74) is 0. The molecule has 0 aliphatic heterocycles. The molecule has 0 radical (unpaired) electrons. The molecule has 0 N–H and O–H groups in total. The molecule has 0 atom stereocenters. The van der Waals surface area contributed by atoms with E-state index >= 15 is 0 Å². The van der Waals surface area contributed by atoms with Crippen LogP contribution >= 0.6 is 62.0 Å². The van der Waals surface area contributed by atoms with Crippen molar-refractivity contribution in [3.63, 3.8) is 0 Å². The third-order valence-electron chi connectivity index (χ3n) is 0. The van der Waals surface area contributed by atoms with Gasteiger partial charge in [-0.05, 0) is 0 Å². The Hall–Kier alpha value is 3.84. The average Bonchev–Trinajstić information content (AvgIpc) is 0. The molecule has 0 aromatic carbocycles. The number of rotatable bonds is 0. The summed E-state index contributed by atoms with van der Waals surface area (Å²) in [6.45, 7) is 0. The zero-order valence-corrected chi connectivity index (χ0v) is 6.12. The predicted octanol–water partition coefficient (Wildman–Crippen LogP) is -0.485. The van der Waals surface area contributed by atoms with E-state index in [1.807, 2.05) is 0 Å². The van der Waals surface area contributed by atoms with Gasteiger partial charge in [-0.3, -0.25) is 0 Å². The molecule has 48 valence electrons. The van der Waals surface area contributed by atoms with Crippen LogP contribution in [0.2, 0.25) is 0 Å². The fourth-order valence-electron chi connectivity index (χ4n) is 0. The van der Waals surface area contributed by atoms with Gasteiger partial charge >= 0.3 is 75.4 Å². The average molecular weight is 214 g/mol. The van der Waals surface area contributed by atoms with Crippen LogP contribution < -0.4 is 0 Å². The molecule has 0 nitrogen and oxygen atoms in total. The first kappa shape index (κ1) is 122. The Kier molecular flexibility index (Phi) is 1280. The molecular weight excluding hydrogens is 205 g/mol. The Balaban J connectivity index is 0. The van der Waals surface area contributed by atoms with Crippen LogP contribution in [0.4, 0.5) is 0 Å². The van der Waals surface area contributed by atoms with Crippen molar-refractivity contribution in [2.75, 3.05) is 0 Å². The van der Waals surface area contributed by atoms with E-state index in [4.69, 9.17) is 0 Å². The summed E-state index contributed by atoms with van der Waals surface area (Å²) in [7, 11) is 0. The standard InChI is InChI=1S/5ClH.4Li.4H/h5*1H;;;;;;;;. The molecule has 9 heavy (non-hydrogen) atoms. The Morgan fingerprint density at radius 2 is 0.222 bits per heavy atom. The minimum atomic E-state index is 0. The second-order valence-electron chi connectivity index (χ2n) is 0. The fraction of sp³-hybridized carbons (Fsp3) is 0. The molecule has 0 amide bonds. The van der Waals surface area contributed by atoms with Crippen molar-refractivity contribution in [2.24, 2.45) is 0 Å². The van der Waals surface area contributed by atoms with Crippen molar-refractivity contribution in [2.45, 2.75) is 0 Å². The zero-order chi connectivity index (χ0) is 0. The van der Waals surface area contributed by atoms with Gasteiger partial charge in [-0.2, -0.15) is 0 Å². The first-order valence-corrected chi connectivity index (χ1v) is 0. The van der Waals surface area contributed by atoms with Crippen LogP contribution in [0.15, 0.2) is 0 Å². The zero-order valence-electron chi connectivity index (χ0n) is 2.04. The molecule has 0 aliphatic rings. The maximum atomic E-state index is 0. The van der Waals surface area contributed by atoms with Crippen molar-refractivity contribution in [1.29, 1.82) is 0 Å². The SMILES string of the molecule is Cl.Cl.Cl.Cl.Cl.[LiH].[LiH].[LiH].[LiH]. The van der Waals surface area contributed by atoms with E-state index < -0.39 is 0 Å². The van der Waals surface area contributed by atoms with Crippen molar-refractivity contribution >= 4 is 137 Å². The van der Waals surface area contributed by atoms with Crippen molar-refractivity contribution < 1.29 is 0 Å². The number of hydrogen-bond donors (Lipinski definition) is 0. The van der Waals surface area contributed by atoms with Crippen molar-refractivity contribution in [3.05, 3.63) is 0 Å². The molecule has 9 heteroatoms. The van der Waals surface area contributed by atoms with Gasteiger partial charge in [-0.25, -0.2) is 0 Å². The van der Waals surface area contributed by atoms with E-state index in [2.05, 4.69) is 0 Å². The molecule has 0 unspecified atom stereocenters. The normalized spacial score (nSPS) is 0. The molecule has 0 aromatic rings. The number of hydrogen-bond acceptors (Lipinski definition) is 0. The monoisotopic (exact) mass is 212 g/mol. The van der Waals surface area contributed by atoms with Gasteiger partial charge < -0.3 is 0 Å². The van der Waals surface area contributed by atoms with Gasteiger partial charge in [0.2, 0.25) is 0 Å². The van der Waals surface area contributed by atoms with Crippen molar-refractivity contribution in [1.82, 2.24) is 0 Å². The molecule has 0 rings (SSSR count). The second-order valence-corrected chi connectivity index (χ2v) is 0. The molecule has 0 bridgehead atoms. The first-order valence-electron chi connectivity index (χ1n) is 0. The maximum absolute atomic E-state index is 0. The van der Waals surface area contributed by atoms with E-state index in [0.29, 0.717) is 0 Å². The predicted molar refractivity (Wildman–Crippen MR) is 64.8 cm³/mol. The van der Waals surface area contributed by atoms with E-state index in [1.54, 1.807) is 0 Å². The van der Waals surface area contributed by atoms with Gasteiger partial charge in [0.15, 0.2) is 0 Å². The van der Waals surface area contributed by atoms with Gasteiger partial charge in [0.1, 0.15) is 0 Å². The van der Waals surface area contributed by atoms with E-state index in [0.717, 1.165) is 0 Å². The van der Waals surface area contributed by atoms with Crippen LogP contribution in [0.5, 0.6) is 0 Å². The topological polar surface area (TPSA) is 0 Å². The molecule has 0 aromatic heterocycles. The van der Waals surface area contributed by atoms with Crippen LogP contribution in [-0.2, 0) is 0 Å². The van der Waals surface area contributed by atoms with Crippen LogP contribution in [-0.4, -0.2) is 75.4 Å². The summed E-state index contributed by atoms with van der Waals surface area (Å²) < 4.78 is 0. The summed E-state index contributed by atoms with van der Waals surface area (Å²) in [4.78, 5) is 0. The first-order chi connectivity index (χ1) is 0. The van der Waals surface area contributed by atoms with E-state index in [1.165, 1.54) is 0 Å². The summed E-state index contributed by atoms with van der Waals surface area (Å²) in [5.74, 6) is 0. The van der Waals surface area contributed by atoms with Gasteiger partial charge in [-0.15, -0.1) is 62.0 Å². The number of halogens is 5. The Bertz CT molecular complexity index is 8.92. The van der Waals surface area contributed by atoms with E-state index in [9.17, 15) is 0 Å². The van der Waals surface area contributed by atoms with Crippen molar-refractivity contribution in [3.8, 4) is 0 Å². The van der Waals surface area contributed by atoms with Crippen LogP contribution in [0.3, 0.4) is 0 Å². The fourth-order valence-corrected chi connectivity index (χ4v) is 0. The Morgan fingerprint density at radius 3 is 0.222 bits per heavy atom. The quantitative estimate of drug-likeness (QED) is 0.477.